The van der Waals surface area contributed by atoms with Gasteiger partial charge in [-0.05, 0) is 25.5 Å². The summed E-state index contributed by atoms with van der Waals surface area (Å²) in [4.78, 5) is 11.0. The van der Waals surface area contributed by atoms with Crippen molar-refractivity contribution in [2.45, 2.75) is 37.0 Å². The molecule has 3 nitrogen and oxygen atoms in total. The highest BCUT2D eigenvalue weighted by molar-refractivity contribution is 8.00. The van der Waals surface area contributed by atoms with E-state index in [2.05, 4.69) is 29.3 Å². The van der Waals surface area contributed by atoms with Crippen molar-refractivity contribution in [3.8, 4) is 0 Å². The molecule has 2 N–H and O–H groups in total. The molecule has 0 aromatic carbocycles. The third kappa shape index (κ3) is 2.42. The van der Waals surface area contributed by atoms with Crippen LogP contribution in [0.3, 0.4) is 0 Å². The lowest BCUT2D eigenvalue weighted by Crippen LogP contribution is -2.40. The zero-order valence-electron chi connectivity index (χ0n) is 8.64. The maximum absolute atomic E-state index is 11.0. The SMILES string of the molecule is CC1(CNC2CNC(=O)C2)CCCS1. The first kappa shape index (κ1) is 10.3. The summed E-state index contributed by atoms with van der Waals surface area (Å²) in [6.07, 6.45) is 3.30. The van der Waals surface area contributed by atoms with Crippen LogP contribution in [0.2, 0.25) is 0 Å². The monoisotopic (exact) mass is 214 g/mol. The summed E-state index contributed by atoms with van der Waals surface area (Å²) in [7, 11) is 0. The third-order valence-corrected chi connectivity index (χ3v) is 4.58. The molecule has 0 saturated carbocycles. The second-order valence-electron chi connectivity index (χ2n) is 4.49. The Morgan fingerprint density at radius 2 is 2.57 bits per heavy atom. The van der Waals surface area contributed by atoms with Gasteiger partial charge in [0.2, 0.25) is 5.91 Å². The van der Waals surface area contributed by atoms with E-state index in [1.165, 1.54) is 18.6 Å². The quantitative estimate of drug-likeness (QED) is 0.728. The second kappa shape index (κ2) is 4.11. The van der Waals surface area contributed by atoms with Gasteiger partial charge in [-0.3, -0.25) is 4.79 Å². The van der Waals surface area contributed by atoms with Gasteiger partial charge in [0.1, 0.15) is 0 Å². The third-order valence-electron chi connectivity index (χ3n) is 3.04. The first-order valence-corrected chi connectivity index (χ1v) is 6.31. The Bertz CT molecular complexity index is 226. The summed E-state index contributed by atoms with van der Waals surface area (Å²) in [6.45, 7) is 4.17. The molecule has 14 heavy (non-hydrogen) atoms. The van der Waals surface area contributed by atoms with Crippen molar-refractivity contribution in [1.82, 2.24) is 10.6 Å². The predicted molar refractivity (Wildman–Crippen MR) is 59.5 cm³/mol. The normalized spacial score (nSPS) is 37.5. The summed E-state index contributed by atoms with van der Waals surface area (Å²) < 4.78 is 0.408. The van der Waals surface area contributed by atoms with Crippen LogP contribution < -0.4 is 10.6 Å². The minimum absolute atomic E-state index is 0.187. The van der Waals surface area contributed by atoms with E-state index in [1.807, 2.05) is 0 Å². The molecule has 0 radical (unpaired) electrons. The van der Waals surface area contributed by atoms with Crippen LogP contribution >= 0.6 is 11.8 Å². The molecule has 0 aromatic heterocycles. The molecule has 80 valence electrons. The van der Waals surface area contributed by atoms with Crippen LogP contribution in [0.25, 0.3) is 0 Å². The van der Waals surface area contributed by atoms with Gasteiger partial charge in [0.05, 0.1) is 0 Å². The summed E-state index contributed by atoms with van der Waals surface area (Å²) >= 11 is 2.06. The maximum atomic E-state index is 11.0. The molecule has 0 spiro atoms. The molecule has 2 rings (SSSR count). The highest BCUT2D eigenvalue weighted by Gasteiger charge is 2.31. The number of hydrogen-bond donors (Lipinski definition) is 2. The lowest BCUT2D eigenvalue weighted by Gasteiger charge is -2.24. The Morgan fingerprint density at radius 1 is 1.71 bits per heavy atom. The van der Waals surface area contributed by atoms with Gasteiger partial charge in [-0.2, -0.15) is 11.8 Å². The maximum Gasteiger partial charge on any atom is 0.221 e. The minimum Gasteiger partial charge on any atom is -0.354 e. The molecule has 2 aliphatic rings. The van der Waals surface area contributed by atoms with Gasteiger partial charge in [-0.1, -0.05) is 0 Å². The molecule has 2 fully saturated rings. The molecular formula is C10H18N2OS. The molecule has 1 amide bonds. The van der Waals surface area contributed by atoms with Crippen LogP contribution in [-0.2, 0) is 4.79 Å². The van der Waals surface area contributed by atoms with E-state index in [4.69, 9.17) is 0 Å². The fourth-order valence-electron chi connectivity index (χ4n) is 2.09. The molecule has 4 heteroatoms. The number of nitrogens with one attached hydrogen (secondary N) is 2. The summed E-state index contributed by atoms with van der Waals surface area (Å²) in [6, 6.07) is 0.362. The van der Waals surface area contributed by atoms with Crippen LogP contribution in [0, 0.1) is 0 Å². The van der Waals surface area contributed by atoms with E-state index in [0.717, 1.165) is 13.1 Å². The number of hydrogen-bond acceptors (Lipinski definition) is 3. The smallest absolute Gasteiger partial charge is 0.221 e. The molecule has 2 aliphatic heterocycles. The van der Waals surface area contributed by atoms with Crippen molar-refractivity contribution in [3.05, 3.63) is 0 Å². The predicted octanol–water partition coefficient (Wildman–Crippen LogP) is 0.750. The molecular weight excluding hydrogens is 196 g/mol. The molecule has 2 atom stereocenters. The summed E-state index contributed by atoms with van der Waals surface area (Å²) in [5.41, 5.74) is 0. The molecule has 0 aromatic rings. The number of carbonyl (C=O) groups excluding carboxylic acids is 1. The Labute approximate surface area is 89.4 Å². The lowest BCUT2D eigenvalue weighted by molar-refractivity contribution is -0.119. The lowest BCUT2D eigenvalue weighted by atomic mass is 10.1. The second-order valence-corrected chi connectivity index (χ2v) is 6.17. The van der Waals surface area contributed by atoms with E-state index in [9.17, 15) is 4.79 Å². The van der Waals surface area contributed by atoms with Gasteiger partial charge in [-0.25, -0.2) is 0 Å². The van der Waals surface area contributed by atoms with Gasteiger partial charge in [-0.15, -0.1) is 0 Å². The van der Waals surface area contributed by atoms with Gasteiger partial charge in [0.15, 0.2) is 0 Å². The first-order valence-electron chi connectivity index (χ1n) is 5.32. The highest BCUT2D eigenvalue weighted by Crippen LogP contribution is 2.37. The number of thioether (sulfide) groups is 1. The van der Waals surface area contributed by atoms with Crippen molar-refractivity contribution in [2.24, 2.45) is 0 Å². The summed E-state index contributed by atoms with van der Waals surface area (Å²) in [5.74, 6) is 1.48. The molecule has 0 aliphatic carbocycles. The first-order chi connectivity index (χ1) is 6.68. The zero-order valence-corrected chi connectivity index (χ0v) is 9.45. The Hall–Kier alpha value is -0.220. The van der Waals surface area contributed by atoms with E-state index < -0.39 is 0 Å². The Kier molecular flexibility index (Phi) is 3.02. The van der Waals surface area contributed by atoms with Crippen molar-refractivity contribution < 1.29 is 4.79 Å². The van der Waals surface area contributed by atoms with Gasteiger partial charge in [0.25, 0.3) is 0 Å². The summed E-state index contributed by atoms with van der Waals surface area (Å²) in [5, 5.41) is 6.34. The molecule has 0 bridgehead atoms. The number of amides is 1. The van der Waals surface area contributed by atoms with E-state index in [0.29, 0.717) is 17.2 Å². The van der Waals surface area contributed by atoms with Crippen molar-refractivity contribution in [2.75, 3.05) is 18.8 Å². The van der Waals surface area contributed by atoms with Crippen molar-refractivity contribution in [3.63, 3.8) is 0 Å². The zero-order chi connectivity index (χ0) is 10.0. The highest BCUT2D eigenvalue weighted by atomic mass is 32.2. The van der Waals surface area contributed by atoms with Crippen LogP contribution in [0.5, 0.6) is 0 Å². The fourth-order valence-corrected chi connectivity index (χ4v) is 3.34. The number of rotatable bonds is 3. The standard InChI is InChI=1S/C10H18N2OS/c1-10(3-2-4-14-10)7-12-8-5-9(13)11-6-8/h8,12H,2-7H2,1H3,(H,11,13). The topological polar surface area (TPSA) is 41.1 Å². The average Bonchev–Trinajstić information content (AvgIpc) is 2.73. The Morgan fingerprint density at radius 3 is 3.14 bits per heavy atom. The van der Waals surface area contributed by atoms with Gasteiger partial charge < -0.3 is 10.6 Å². The van der Waals surface area contributed by atoms with Crippen LogP contribution in [0.4, 0.5) is 0 Å². The van der Waals surface area contributed by atoms with Gasteiger partial charge in [0, 0.05) is 30.3 Å². The van der Waals surface area contributed by atoms with Crippen LogP contribution in [-0.4, -0.2) is 35.5 Å². The van der Waals surface area contributed by atoms with E-state index in [1.54, 1.807) is 0 Å². The molecule has 2 heterocycles. The molecule has 2 saturated heterocycles. The average molecular weight is 214 g/mol. The van der Waals surface area contributed by atoms with Crippen LogP contribution in [0.1, 0.15) is 26.2 Å². The van der Waals surface area contributed by atoms with Crippen LogP contribution in [0.15, 0.2) is 0 Å². The molecule has 2 unspecified atom stereocenters. The Balaban J connectivity index is 1.74. The fraction of sp³-hybridized carbons (Fsp3) is 0.900. The largest absolute Gasteiger partial charge is 0.354 e. The van der Waals surface area contributed by atoms with Crippen molar-refractivity contribution >= 4 is 17.7 Å². The minimum atomic E-state index is 0.187. The number of carbonyl (C=O) groups is 1. The van der Waals surface area contributed by atoms with Crippen molar-refractivity contribution in [1.29, 1.82) is 0 Å². The van der Waals surface area contributed by atoms with E-state index in [-0.39, 0.29) is 5.91 Å². The van der Waals surface area contributed by atoms with Gasteiger partial charge >= 0.3 is 0 Å². The van der Waals surface area contributed by atoms with E-state index >= 15 is 0 Å².